The van der Waals surface area contributed by atoms with E-state index in [0.717, 1.165) is 10.9 Å². The maximum absolute atomic E-state index is 13.9. The van der Waals surface area contributed by atoms with Gasteiger partial charge in [0.25, 0.3) is 0 Å². The fraction of sp³-hybridized carbons (Fsp3) is 0.528. The molecule has 1 aromatic heterocycles. The van der Waals surface area contributed by atoms with Crippen LogP contribution < -0.4 is 38.1 Å². The number of hydrogen-bond acceptors (Lipinski definition) is 11. The molecule has 0 aliphatic carbocycles. The van der Waals surface area contributed by atoms with Crippen LogP contribution in [0.4, 0.5) is 0 Å². The summed E-state index contributed by atoms with van der Waals surface area (Å²) in [5.41, 5.74) is 12.1. The Bertz CT molecular complexity index is 1830. The minimum absolute atomic E-state index is 0.0985. The Labute approximate surface area is 327 Å². The second-order valence-corrected chi connectivity index (χ2v) is 14.1. The number of nitrogens with zero attached hydrogens (tertiary/aromatic N) is 1. The summed E-state index contributed by atoms with van der Waals surface area (Å²) in [5, 5.41) is 40.9. The van der Waals surface area contributed by atoms with Crippen LogP contribution in [-0.2, 0) is 49.6 Å². The number of para-hydroxylation sites is 1. The van der Waals surface area contributed by atoms with E-state index in [0.29, 0.717) is 18.4 Å². The summed E-state index contributed by atoms with van der Waals surface area (Å²) in [6.07, 6.45) is 0.437. The first-order chi connectivity index (χ1) is 26.8. The number of likely N-dealkylation sites (tertiary alicyclic amines) is 1. The number of rotatable bonds is 21. The molecule has 1 fully saturated rings. The normalized spacial score (nSPS) is 17.0. The van der Waals surface area contributed by atoms with Crippen LogP contribution in [0.5, 0.6) is 0 Å². The SMILES string of the molecule is CC(C)[C@H](NC(=O)[C@@H]1CCCN1C(=O)[C@@H](N)CO)C(=O)N[C@@H](Cc1c[nH]c2ccccc12)C(=O)N[C@@H](C)C(=O)N[C@@H](CCC(=O)O)C(=O)N[C@@H](CC(N)=O)C(=O)O. The van der Waals surface area contributed by atoms with E-state index in [1.54, 1.807) is 44.3 Å². The predicted molar refractivity (Wildman–Crippen MR) is 200 cm³/mol. The van der Waals surface area contributed by atoms with Gasteiger partial charge in [-0.15, -0.1) is 0 Å². The van der Waals surface area contributed by atoms with Gasteiger partial charge < -0.3 is 63.3 Å². The number of nitrogens with two attached hydrogens (primary N) is 2. The first-order valence-corrected chi connectivity index (χ1v) is 18.3. The third-order valence-corrected chi connectivity index (χ3v) is 9.38. The lowest BCUT2D eigenvalue weighted by Gasteiger charge is -2.30. The van der Waals surface area contributed by atoms with Gasteiger partial charge in [-0.3, -0.25) is 38.4 Å². The average Bonchev–Trinajstić information content (AvgIpc) is 3.81. The van der Waals surface area contributed by atoms with Gasteiger partial charge in [0.05, 0.1) is 13.0 Å². The first kappa shape index (κ1) is 45.3. The van der Waals surface area contributed by atoms with E-state index in [1.807, 2.05) is 0 Å². The smallest absolute Gasteiger partial charge is 0.326 e. The van der Waals surface area contributed by atoms with Gasteiger partial charge in [0.2, 0.25) is 41.4 Å². The number of nitrogens with one attached hydrogen (secondary N) is 6. The van der Waals surface area contributed by atoms with Crippen LogP contribution in [0.1, 0.15) is 58.4 Å². The number of aromatic nitrogens is 1. The minimum atomic E-state index is -1.77. The zero-order valence-corrected chi connectivity index (χ0v) is 31.8. The number of primary amides is 1. The molecule has 0 radical (unpaired) electrons. The van der Waals surface area contributed by atoms with Crippen molar-refractivity contribution in [1.29, 1.82) is 0 Å². The van der Waals surface area contributed by atoms with Gasteiger partial charge in [-0.2, -0.15) is 0 Å². The Morgan fingerprint density at radius 2 is 1.49 bits per heavy atom. The number of fused-ring (bicyclic) bond motifs is 1. The van der Waals surface area contributed by atoms with Crippen LogP contribution in [0.25, 0.3) is 10.9 Å². The monoisotopic (exact) mass is 801 g/mol. The third kappa shape index (κ3) is 12.7. The second-order valence-electron chi connectivity index (χ2n) is 14.1. The highest BCUT2D eigenvalue weighted by Gasteiger charge is 2.39. The van der Waals surface area contributed by atoms with Gasteiger partial charge in [-0.05, 0) is 43.7 Å². The number of aliphatic carboxylic acids is 2. The molecule has 1 saturated heterocycles. The Morgan fingerprint density at radius 1 is 0.860 bits per heavy atom. The summed E-state index contributed by atoms with van der Waals surface area (Å²) < 4.78 is 0. The van der Waals surface area contributed by atoms with Crippen LogP contribution in [0.3, 0.4) is 0 Å². The maximum atomic E-state index is 13.9. The van der Waals surface area contributed by atoms with Crippen LogP contribution >= 0.6 is 0 Å². The largest absolute Gasteiger partial charge is 0.481 e. The molecule has 21 heteroatoms. The molecule has 0 saturated carbocycles. The number of benzene rings is 1. The van der Waals surface area contributed by atoms with E-state index in [9.17, 15) is 58.5 Å². The Balaban J connectivity index is 1.83. The number of aliphatic hydroxyl groups excluding tert-OH is 1. The molecule has 2 heterocycles. The van der Waals surface area contributed by atoms with E-state index < -0.39 is 127 Å². The van der Waals surface area contributed by atoms with Crippen molar-refractivity contribution in [2.75, 3.05) is 13.2 Å². The second kappa shape index (κ2) is 20.7. The third-order valence-electron chi connectivity index (χ3n) is 9.38. The first-order valence-electron chi connectivity index (χ1n) is 18.3. The Morgan fingerprint density at radius 3 is 2.11 bits per heavy atom. The molecule has 1 aromatic carbocycles. The summed E-state index contributed by atoms with van der Waals surface area (Å²) in [6.45, 7) is 4.19. The predicted octanol–water partition coefficient (Wildman–Crippen LogP) is -3.05. The van der Waals surface area contributed by atoms with Gasteiger partial charge in [0.1, 0.15) is 42.3 Å². The van der Waals surface area contributed by atoms with Crippen LogP contribution in [0.15, 0.2) is 30.5 Å². The fourth-order valence-electron chi connectivity index (χ4n) is 6.26. The minimum Gasteiger partial charge on any atom is -0.481 e. The lowest BCUT2D eigenvalue weighted by atomic mass is 10.00. The van der Waals surface area contributed by atoms with Crippen molar-refractivity contribution in [3.8, 4) is 0 Å². The number of amides is 7. The van der Waals surface area contributed by atoms with E-state index in [1.165, 1.54) is 11.8 Å². The summed E-state index contributed by atoms with van der Waals surface area (Å²) in [7, 11) is 0. The molecule has 21 nitrogen and oxygen atoms in total. The Hall–Kier alpha value is -6.09. The molecule has 3 rings (SSSR count). The highest BCUT2D eigenvalue weighted by Crippen LogP contribution is 2.21. The number of carboxylic acids is 2. The summed E-state index contributed by atoms with van der Waals surface area (Å²) in [4.78, 5) is 119. The van der Waals surface area contributed by atoms with Gasteiger partial charge in [0.15, 0.2) is 0 Å². The van der Waals surface area contributed by atoms with Crippen molar-refractivity contribution >= 4 is 64.2 Å². The molecule has 2 aromatic rings. The number of aromatic amines is 1. The molecule has 0 unspecified atom stereocenters. The Kier molecular flexibility index (Phi) is 16.5. The van der Waals surface area contributed by atoms with E-state index in [-0.39, 0.29) is 13.0 Å². The molecular formula is C36H51N9O12. The van der Waals surface area contributed by atoms with Crippen molar-refractivity contribution in [3.05, 3.63) is 36.0 Å². The van der Waals surface area contributed by atoms with Crippen LogP contribution in [0, 0.1) is 5.92 Å². The number of hydrogen-bond donors (Lipinski definition) is 11. The number of carbonyl (C=O) groups is 9. The van der Waals surface area contributed by atoms with Crippen molar-refractivity contribution in [2.24, 2.45) is 17.4 Å². The molecule has 312 valence electrons. The van der Waals surface area contributed by atoms with Gasteiger partial charge in [-0.25, -0.2) is 4.79 Å². The van der Waals surface area contributed by atoms with Gasteiger partial charge in [-0.1, -0.05) is 32.0 Å². The molecule has 1 aliphatic rings. The lowest BCUT2D eigenvalue weighted by molar-refractivity contribution is -0.144. The number of carboxylic acid groups (broad SMARTS) is 2. The quantitative estimate of drug-likeness (QED) is 0.0598. The van der Waals surface area contributed by atoms with E-state index >= 15 is 0 Å². The highest BCUT2D eigenvalue weighted by atomic mass is 16.4. The zero-order chi connectivity index (χ0) is 42.6. The van der Waals surface area contributed by atoms with Crippen LogP contribution in [0.2, 0.25) is 0 Å². The standard InChI is InChI=1S/C36H51N9O12/c1-17(2)29(44-33(53)26-9-6-12-45(26)35(55)21(37)16-46)34(54)42-24(13-19-15-39-22-8-5-4-7-20(19)22)32(52)40-18(3)30(50)41-23(10-11-28(48)49)31(51)43-25(36(56)57)14-27(38)47/h4-5,7-8,15,17-18,21,23-26,29,39,46H,6,9-14,16,37H2,1-3H3,(H2,38,47)(H,40,52)(H,41,50)(H,42,54)(H,43,51)(H,44,53)(H,48,49)(H,56,57)/t18-,21-,23-,24-,25-,26-,29-/m0/s1. The number of H-pyrrole nitrogens is 1. The number of aliphatic hydroxyl groups is 1. The van der Waals surface area contributed by atoms with Crippen molar-refractivity contribution < 1.29 is 58.5 Å². The van der Waals surface area contributed by atoms with Crippen LogP contribution in [-0.4, -0.2) is 134 Å². The van der Waals surface area contributed by atoms with Crippen molar-refractivity contribution in [1.82, 2.24) is 36.5 Å². The van der Waals surface area contributed by atoms with Gasteiger partial charge in [0, 0.05) is 36.5 Å². The maximum Gasteiger partial charge on any atom is 0.326 e. The van der Waals surface area contributed by atoms with Gasteiger partial charge >= 0.3 is 11.9 Å². The lowest BCUT2D eigenvalue weighted by Crippen LogP contribution is -2.60. The molecule has 1 aliphatic heterocycles. The molecule has 0 bridgehead atoms. The summed E-state index contributed by atoms with van der Waals surface area (Å²) in [6, 6.07) is -2.33. The van der Waals surface area contributed by atoms with E-state index in [2.05, 4.69) is 31.6 Å². The van der Waals surface area contributed by atoms with Crippen molar-refractivity contribution in [3.63, 3.8) is 0 Å². The molecule has 7 amide bonds. The molecular weight excluding hydrogens is 750 g/mol. The highest BCUT2D eigenvalue weighted by molar-refractivity contribution is 5.98. The van der Waals surface area contributed by atoms with Crippen molar-refractivity contribution in [2.45, 2.75) is 102 Å². The molecule has 7 atom stereocenters. The average molecular weight is 802 g/mol. The zero-order valence-electron chi connectivity index (χ0n) is 31.8. The molecule has 0 spiro atoms. The molecule has 57 heavy (non-hydrogen) atoms. The molecule has 13 N–H and O–H groups in total. The summed E-state index contributed by atoms with van der Waals surface area (Å²) >= 11 is 0. The van der Waals surface area contributed by atoms with E-state index in [4.69, 9.17) is 11.5 Å². The fourth-order valence-corrected chi connectivity index (χ4v) is 6.26. The number of carbonyl (C=O) groups excluding carboxylic acids is 7. The topological polar surface area (TPSA) is 346 Å². The summed E-state index contributed by atoms with van der Waals surface area (Å²) in [5.74, 6) is -9.45.